The van der Waals surface area contributed by atoms with Crippen molar-refractivity contribution in [1.82, 2.24) is 5.32 Å². The van der Waals surface area contributed by atoms with Crippen LogP contribution in [0.15, 0.2) is 48.5 Å². The molecule has 0 fully saturated rings. The van der Waals surface area contributed by atoms with Gasteiger partial charge in [0.15, 0.2) is 0 Å². The van der Waals surface area contributed by atoms with E-state index in [4.69, 9.17) is 4.74 Å². The van der Waals surface area contributed by atoms with Gasteiger partial charge in [-0.3, -0.25) is 4.79 Å². The molecule has 0 spiro atoms. The van der Waals surface area contributed by atoms with Gasteiger partial charge >= 0.3 is 0 Å². The number of carbonyl (C=O) groups is 1. The first-order valence-electron chi connectivity index (χ1n) is 7.32. The summed E-state index contributed by atoms with van der Waals surface area (Å²) in [5, 5.41) is 2.88. The summed E-state index contributed by atoms with van der Waals surface area (Å²) in [6.07, 6.45) is 0.520. The summed E-state index contributed by atoms with van der Waals surface area (Å²) in [4.78, 5) is 11.7. The van der Waals surface area contributed by atoms with E-state index in [9.17, 15) is 9.18 Å². The topological polar surface area (TPSA) is 38.3 Å². The molecule has 116 valence electrons. The Morgan fingerprint density at radius 2 is 1.86 bits per heavy atom. The quantitative estimate of drug-likeness (QED) is 0.865. The summed E-state index contributed by atoms with van der Waals surface area (Å²) in [6, 6.07) is 13.3. The van der Waals surface area contributed by atoms with E-state index in [0.29, 0.717) is 30.4 Å². The van der Waals surface area contributed by atoms with E-state index in [0.717, 1.165) is 5.56 Å². The molecule has 0 heterocycles. The Kier molecular flexibility index (Phi) is 5.53. The molecule has 2 aromatic rings. The van der Waals surface area contributed by atoms with Crippen LogP contribution in [-0.2, 0) is 11.3 Å². The van der Waals surface area contributed by atoms with Crippen molar-refractivity contribution in [2.45, 2.75) is 26.8 Å². The Bertz CT molecular complexity index is 623. The van der Waals surface area contributed by atoms with Crippen LogP contribution in [0.2, 0.25) is 0 Å². The lowest BCUT2D eigenvalue weighted by Crippen LogP contribution is -2.23. The molecule has 22 heavy (non-hydrogen) atoms. The summed E-state index contributed by atoms with van der Waals surface area (Å²) in [5.74, 6) is 1.31. The highest BCUT2D eigenvalue weighted by atomic mass is 19.1. The van der Waals surface area contributed by atoms with Crippen LogP contribution in [0.25, 0.3) is 0 Å². The minimum atomic E-state index is -0.297. The van der Waals surface area contributed by atoms with Gasteiger partial charge in [-0.1, -0.05) is 26.0 Å². The van der Waals surface area contributed by atoms with Gasteiger partial charge in [0.05, 0.1) is 0 Å². The van der Waals surface area contributed by atoms with Crippen LogP contribution in [0.3, 0.4) is 0 Å². The van der Waals surface area contributed by atoms with Crippen LogP contribution in [0.5, 0.6) is 11.5 Å². The fraction of sp³-hybridized carbons (Fsp3) is 0.278. The molecule has 2 rings (SSSR count). The Morgan fingerprint density at radius 3 is 2.55 bits per heavy atom. The molecule has 0 saturated carbocycles. The number of hydrogen-bond donors (Lipinski definition) is 1. The third-order valence-electron chi connectivity index (χ3n) is 3.03. The zero-order valence-corrected chi connectivity index (χ0v) is 12.8. The first-order chi connectivity index (χ1) is 10.5. The fourth-order valence-electron chi connectivity index (χ4n) is 2.00. The molecule has 1 amide bonds. The maximum atomic E-state index is 12.9. The molecule has 0 radical (unpaired) electrons. The molecule has 0 atom stereocenters. The number of halogens is 1. The average Bonchev–Trinajstić information content (AvgIpc) is 2.47. The maximum Gasteiger partial charge on any atom is 0.220 e. The normalized spacial score (nSPS) is 10.5. The van der Waals surface area contributed by atoms with E-state index >= 15 is 0 Å². The third-order valence-corrected chi connectivity index (χ3v) is 3.03. The smallest absolute Gasteiger partial charge is 0.220 e. The molecule has 2 aromatic carbocycles. The van der Waals surface area contributed by atoms with Crippen molar-refractivity contribution in [2.24, 2.45) is 5.92 Å². The minimum absolute atomic E-state index is 0.0415. The molecule has 0 unspecified atom stereocenters. The molecule has 0 aliphatic rings. The Hall–Kier alpha value is -2.36. The number of carbonyl (C=O) groups excluding carboxylic acids is 1. The largest absolute Gasteiger partial charge is 0.457 e. The first-order valence-corrected chi connectivity index (χ1v) is 7.32. The SMILES string of the molecule is CC(C)CC(=O)NCc1cccc(Oc2ccc(F)cc2)c1. The van der Waals surface area contributed by atoms with Gasteiger partial charge in [-0.25, -0.2) is 4.39 Å². The fourth-order valence-corrected chi connectivity index (χ4v) is 2.00. The van der Waals surface area contributed by atoms with Crippen LogP contribution in [0, 0.1) is 11.7 Å². The van der Waals surface area contributed by atoms with Crippen molar-refractivity contribution in [2.75, 3.05) is 0 Å². The predicted octanol–water partition coefficient (Wildman–Crippen LogP) is 4.28. The van der Waals surface area contributed by atoms with Gasteiger partial charge in [0, 0.05) is 13.0 Å². The second kappa shape index (κ2) is 7.59. The van der Waals surface area contributed by atoms with Crippen molar-refractivity contribution in [3.63, 3.8) is 0 Å². The summed E-state index contributed by atoms with van der Waals surface area (Å²) >= 11 is 0. The van der Waals surface area contributed by atoms with Gasteiger partial charge in [-0.15, -0.1) is 0 Å². The predicted molar refractivity (Wildman–Crippen MR) is 84.2 cm³/mol. The summed E-state index contributed by atoms with van der Waals surface area (Å²) < 4.78 is 18.5. The lowest BCUT2D eigenvalue weighted by atomic mass is 10.1. The van der Waals surface area contributed by atoms with E-state index in [2.05, 4.69) is 5.32 Å². The highest BCUT2D eigenvalue weighted by Gasteiger charge is 2.05. The number of rotatable bonds is 6. The zero-order valence-electron chi connectivity index (χ0n) is 12.8. The zero-order chi connectivity index (χ0) is 15.9. The molecule has 3 nitrogen and oxygen atoms in total. The second-order valence-corrected chi connectivity index (χ2v) is 5.58. The van der Waals surface area contributed by atoms with Crippen molar-refractivity contribution in [3.05, 3.63) is 59.9 Å². The lowest BCUT2D eigenvalue weighted by molar-refractivity contribution is -0.121. The Morgan fingerprint density at radius 1 is 1.14 bits per heavy atom. The van der Waals surface area contributed by atoms with Gasteiger partial charge in [0.2, 0.25) is 5.91 Å². The van der Waals surface area contributed by atoms with Crippen LogP contribution >= 0.6 is 0 Å². The number of hydrogen-bond acceptors (Lipinski definition) is 2. The molecule has 0 saturated heterocycles. The van der Waals surface area contributed by atoms with Crippen molar-refractivity contribution >= 4 is 5.91 Å². The molecular formula is C18H20FNO2. The first kappa shape index (κ1) is 16.0. The molecule has 0 aliphatic heterocycles. The van der Waals surface area contributed by atoms with Crippen molar-refractivity contribution < 1.29 is 13.9 Å². The summed E-state index contributed by atoms with van der Waals surface area (Å²) in [7, 11) is 0. The van der Waals surface area contributed by atoms with Gasteiger partial charge in [0.1, 0.15) is 17.3 Å². The molecule has 1 N–H and O–H groups in total. The third kappa shape index (κ3) is 5.20. The average molecular weight is 301 g/mol. The van der Waals surface area contributed by atoms with Crippen molar-refractivity contribution in [3.8, 4) is 11.5 Å². The minimum Gasteiger partial charge on any atom is -0.457 e. The standard InChI is InChI=1S/C18H20FNO2/c1-13(2)10-18(21)20-12-14-4-3-5-17(11-14)22-16-8-6-15(19)7-9-16/h3-9,11,13H,10,12H2,1-2H3,(H,20,21). The van der Waals surface area contributed by atoms with E-state index in [1.165, 1.54) is 12.1 Å². The van der Waals surface area contributed by atoms with E-state index in [1.807, 2.05) is 38.1 Å². The Labute approximate surface area is 130 Å². The number of benzene rings is 2. The summed E-state index contributed by atoms with van der Waals surface area (Å²) in [5.41, 5.74) is 0.955. The van der Waals surface area contributed by atoms with Crippen LogP contribution in [0.1, 0.15) is 25.8 Å². The Balaban J connectivity index is 1.95. The highest BCUT2D eigenvalue weighted by Crippen LogP contribution is 2.22. The van der Waals surface area contributed by atoms with Gasteiger partial charge in [-0.2, -0.15) is 0 Å². The monoisotopic (exact) mass is 301 g/mol. The van der Waals surface area contributed by atoms with E-state index in [-0.39, 0.29) is 11.7 Å². The van der Waals surface area contributed by atoms with Gasteiger partial charge < -0.3 is 10.1 Å². The summed E-state index contributed by atoms with van der Waals surface area (Å²) in [6.45, 7) is 4.49. The van der Waals surface area contributed by atoms with Crippen LogP contribution in [-0.4, -0.2) is 5.91 Å². The van der Waals surface area contributed by atoms with Crippen LogP contribution < -0.4 is 10.1 Å². The highest BCUT2D eigenvalue weighted by molar-refractivity contribution is 5.76. The van der Waals surface area contributed by atoms with E-state index < -0.39 is 0 Å². The molecule has 0 aromatic heterocycles. The number of ether oxygens (including phenoxy) is 1. The maximum absolute atomic E-state index is 12.9. The second-order valence-electron chi connectivity index (χ2n) is 5.58. The van der Waals surface area contributed by atoms with Gasteiger partial charge in [0.25, 0.3) is 0 Å². The van der Waals surface area contributed by atoms with E-state index in [1.54, 1.807) is 12.1 Å². The van der Waals surface area contributed by atoms with Crippen LogP contribution in [0.4, 0.5) is 4.39 Å². The molecular weight excluding hydrogens is 281 g/mol. The molecule has 0 aliphatic carbocycles. The van der Waals surface area contributed by atoms with Gasteiger partial charge in [-0.05, 0) is 47.9 Å². The number of amides is 1. The molecule has 0 bridgehead atoms. The van der Waals surface area contributed by atoms with Crippen molar-refractivity contribution in [1.29, 1.82) is 0 Å². The molecule has 4 heteroatoms. The lowest BCUT2D eigenvalue weighted by Gasteiger charge is -2.09. The number of nitrogens with one attached hydrogen (secondary N) is 1.